The fourth-order valence-electron chi connectivity index (χ4n) is 4.50. The molecule has 1 aromatic carbocycles. The van der Waals surface area contributed by atoms with Gasteiger partial charge in [-0.1, -0.05) is 30.7 Å². The predicted molar refractivity (Wildman–Crippen MR) is 93.1 cm³/mol. The first kappa shape index (κ1) is 15.6. The molecule has 1 aliphatic carbocycles. The van der Waals surface area contributed by atoms with Crippen molar-refractivity contribution in [1.82, 2.24) is 10.2 Å². The summed E-state index contributed by atoms with van der Waals surface area (Å²) >= 11 is 0. The van der Waals surface area contributed by atoms with Crippen molar-refractivity contribution in [3.8, 4) is 0 Å². The minimum absolute atomic E-state index is 0.0542. The summed E-state index contributed by atoms with van der Waals surface area (Å²) in [6.07, 6.45) is 7.81. The Morgan fingerprint density at radius 2 is 1.79 bits per heavy atom. The normalized spacial score (nSPS) is 27.2. The molecule has 4 rings (SSSR count). The summed E-state index contributed by atoms with van der Waals surface area (Å²) in [5.41, 5.74) is 1.51. The standard InChI is InChI=1S/C20H24N2O2/c23-19-12-17(20(24)16-8-2-1-7-15(16)19)21-13-14-6-5-11-22-10-4-3-9-18(14)22/h1-2,7-8,12,14,18,21H,3-6,9-11,13H2. The molecule has 2 saturated heterocycles. The second kappa shape index (κ2) is 6.52. The molecule has 1 N–H and O–H groups in total. The third-order valence-corrected chi connectivity index (χ3v) is 5.74. The second-order valence-electron chi connectivity index (χ2n) is 7.18. The van der Waals surface area contributed by atoms with Gasteiger partial charge in [-0.2, -0.15) is 0 Å². The van der Waals surface area contributed by atoms with Gasteiger partial charge in [-0.05, 0) is 44.7 Å². The lowest BCUT2D eigenvalue weighted by Gasteiger charge is -2.44. The van der Waals surface area contributed by atoms with Crippen LogP contribution in [0.1, 0.15) is 52.8 Å². The quantitative estimate of drug-likeness (QED) is 0.929. The van der Waals surface area contributed by atoms with Crippen molar-refractivity contribution >= 4 is 11.6 Å². The maximum atomic E-state index is 12.6. The van der Waals surface area contributed by atoms with Crippen LogP contribution in [0.4, 0.5) is 0 Å². The van der Waals surface area contributed by atoms with Crippen LogP contribution in [0.2, 0.25) is 0 Å². The highest BCUT2D eigenvalue weighted by molar-refractivity contribution is 6.24. The lowest BCUT2D eigenvalue weighted by molar-refractivity contribution is 0.0602. The maximum Gasteiger partial charge on any atom is 0.209 e. The number of carbonyl (C=O) groups excluding carboxylic acids is 2. The molecule has 2 heterocycles. The van der Waals surface area contributed by atoms with E-state index in [4.69, 9.17) is 0 Å². The molecule has 3 aliphatic rings. The molecular weight excluding hydrogens is 300 g/mol. The van der Waals surface area contributed by atoms with Gasteiger partial charge in [-0.25, -0.2) is 0 Å². The molecule has 4 heteroatoms. The van der Waals surface area contributed by atoms with E-state index in [1.807, 2.05) is 6.07 Å². The molecule has 2 aliphatic heterocycles. The Morgan fingerprint density at radius 3 is 2.67 bits per heavy atom. The van der Waals surface area contributed by atoms with E-state index in [0.29, 0.717) is 28.8 Å². The van der Waals surface area contributed by atoms with Gasteiger partial charge in [-0.3, -0.25) is 9.59 Å². The summed E-state index contributed by atoms with van der Waals surface area (Å²) in [6.45, 7) is 3.22. The van der Waals surface area contributed by atoms with Gasteiger partial charge in [0.25, 0.3) is 0 Å². The van der Waals surface area contributed by atoms with Crippen LogP contribution in [0.25, 0.3) is 0 Å². The highest BCUT2D eigenvalue weighted by Gasteiger charge is 2.33. The average Bonchev–Trinajstić information content (AvgIpc) is 2.63. The molecule has 0 aromatic heterocycles. The van der Waals surface area contributed by atoms with Gasteiger partial charge in [0.05, 0.1) is 5.70 Å². The molecular formula is C20H24N2O2. The summed E-state index contributed by atoms with van der Waals surface area (Å²) < 4.78 is 0. The zero-order chi connectivity index (χ0) is 16.5. The average molecular weight is 324 g/mol. The number of nitrogens with one attached hydrogen (secondary N) is 1. The van der Waals surface area contributed by atoms with Gasteiger partial charge in [0.1, 0.15) is 0 Å². The van der Waals surface area contributed by atoms with Crippen molar-refractivity contribution in [2.75, 3.05) is 19.6 Å². The summed E-state index contributed by atoms with van der Waals surface area (Å²) in [4.78, 5) is 27.5. The van der Waals surface area contributed by atoms with Gasteiger partial charge < -0.3 is 10.2 Å². The third-order valence-electron chi connectivity index (χ3n) is 5.74. The van der Waals surface area contributed by atoms with Crippen LogP contribution in [0.15, 0.2) is 36.0 Å². The van der Waals surface area contributed by atoms with E-state index in [1.165, 1.54) is 51.3 Å². The molecule has 24 heavy (non-hydrogen) atoms. The number of hydrogen-bond acceptors (Lipinski definition) is 4. The Kier molecular flexibility index (Phi) is 4.23. The fourth-order valence-corrected chi connectivity index (χ4v) is 4.50. The number of hydrogen-bond donors (Lipinski definition) is 1. The number of piperidine rings is 2. The number of benzene rings is 1. The van der Waals surface area contributed by atoms with Crippen LogP contribution >= 0.6 is 0 Å². The number of nitrogens with zero attached hydrogens (tertiary/aromatic N) is 1. The predicted octanol–water partition coefficient (Wildman–Crippen LogP) is 2.80. The van der Waals surface area contributed by atoms with Crippen LogP contribution in [0, 0.1) is 5.92 Å². The van der Waals surface area contributed by atoms with Crippen molar-refractivity contribution in [2.45, 2.75) is 38.1 Å². The second-order valence-corrected chi connectivity index (χ2v) is 7.18. The Balaban J connectivity index is 1.46. The van der Waals surface area contributed by atoms with Gasteiger partial charge in [-0.15, -0.1) is 0 Å². The molecule has 0 bridgehead atoms. The van der Waals surface area contributed by atoms with E-state index in [0.717, 1.165) is 6.54 Å². The summed E-state index contributed by atoms with van der Waals surface area (Å²) in [7, 11) is 0. The van der Waals surface area contributed by atoms with Crippen LogP contribution in [0.5, 0.6) is 0 Å². The van der Waals surface area contributed by atoms with E-state index in [-0.39, 0.29) is 11.6 Å². The number of fused-ring (bicyclic) bond motifs is 2. The van der Waals surface area contributed by atoms with Crippen molar-refractivity contribution in [3.05, 3.63) is 47.2 Å². The molecule has 0 saturated carbocycles. The van der Waals surface area contributed by atoms with Crippen LogP contribution in [0.3, 0.4) is 0 Å². The SMILES string of the molecule is O=C1C=C(NCC2CCCN3CCCCC23)C(=O)c2ccccc21. The summed E-state index contributed by atoms with van der Waals surface area (Å²) in [5, 5.41) is 3.31. The topological polar surface area (TPSA) is 49.4 Å². The largest absolute Gasteiger partial charge is 0.381 e. The van der Waals surface area contributed by atoms with Gasteiger partial charge in [0, 0.05) is 29.8 Å². The molecule has 4 nitrogen and oxygen atoms in total. The Bertz CT molecular complexity index is 693. The molecule has 1 aromatic rings. The molecule has 0 amide bonds. The van der Waals surface area contributed by atoms with Crippen molar-refractivity contribution < 1.29 is 9.59 Å². The zero-order valence-electron chi connectivity index (χ0n) is 14.0. The van der Waals surface area contributed by atoms with E-state index in [2.05, 4.69) is 10.2 Å². The number of ketones is 2. The van der Waals surface area contributed by atoms with Crippen LogP contribution < -0.4 is 5.32 Å². The van der Waals surface area contributed by atoms with Gasteiger partial charge in [0.2, 0.25) is 5.78 Å². The first-order valence-electron chi connectivity index (χ1n) is 9.12. The highest BCUT2D eigenvalue weighted by atomic mass is 16.1. The third kappa shape index (κ3) is 2.80. The maximum absolute atomic E-state index is 12.6. The number of carbonyl (C=O) groups is 2. The fraction of sp³-hybridized carbons (Fsp3) is 0.500. The molecule has 126 valence electrons. The number of allylic oxidation sites excluding steroid dienone is 2. The van der Waals surface area contributed by atoms with Gasteiger partial charge >= 0.3 is 0 Å². The monoisotopic (exact) mass is 324 g/mol. The molecule has 0 spiro atoms. The lowest BCUT2D eigenvalue weighted by atomic mass is 9.83. The summed E-state index contributed by atoms with van der Waals surface area (Å²) in [6, 6.07) is 7.73. The smallest absolute Gasteiger partial charge is 0.209 e. The van der Waals surface area contributed by atoms with E-state index < -0.39 is 0 Å². The number of Topliss-reactive ketones (excluding diaryl/α,β-unsaturated/α-hetero) is 1. The first-order valence-corrected chi connectivity index (χ1v) is 9.12. The molecule has 2 atom stereocenters. The van der Waals surface area contributed by atoms with E-state index in [9.17, 15) is 9.59 Å². The zero-order valence-corrected chi connectivity index (χ0v) is 14.0. The highest BCUT2D eigenvalue weighted by Crippen LogP contribution is 2.31. The van der Waals surface area contributed by atoms with Crippen molar-refractivity contribution in [2.24, 2.45) is 5.92 Å². The Morgan fingerprint density at radius 1 is 1.00 bits per heavy atom. The minimum Gasteiger partial charge on any atom is -0.381 e. The summed E-state index contributed by atoms with van der Waals surface area (Å²) in [5.74, 6) is 0.442. The molecule has 0 radical (unpaired) electrons. The first-order chi connectivity index (χ1) is 11.7. The Labute approximate surface area is 142 Å². The van der Waals surface area contributed by atoms with E-state index >= 15 is 0 Å². The van der Waals surface area contributed by atoms with Crippen molar-refractivity contribution in [3.63, 3.8) is 0 Å². The van der Waals surface area contributed by atoms with Gasteiger partial charge in [0.15, 0.2) is 5.78 Å². The van der Waals surface area contributed by atoms with E-state index in [1.54, 1.807) is 18.2 Å². The molecule has 2 fully saturated rings. The lowest BCUT2D eigenvalue weighted by Crippen LogP contribution is -2.50. The number of rotatable bonds is 3. The van der Waals surface area contributed by atoms with Crippen LogP contribution in [-0.4, -0.2) is 42.1 Å². The molecule has 2 unspecified atom stereocenters. The Hall–Kier alpha value is -1.94. The van der Waals surface area contributed by atoms with Crippen molar-refractivity contribution in [1.29, 1.82) is 0 Å². The van der Waals surface area contributed by atoms with Crippen LogP contribution in [-0.2, 0) is 0 Å². The minimum atomic E-state index is -0.0735.